The highest BCUT2D eigenvalue weighted by Crippen LogP contribution is 2.43. The number of rotatable bonds is 12. The number of hydrogen-bond donors (Lipinski definition) is 1. The molecule has 0 saturated heterocycles. The third-order valence-corrected chi connectivity index (χ3v) is 10.7. The van der Waals surface area contributed by atoms with Gasteiger partial charge < -0.3 is 19.8 Å². The van der Waals surface area contributed by atoms with Gasteiger partial charge in [0.2, 0.25) is 0 Å². The SMILES string of the molecule is OC(c1ccc(N(c2ccccc2)c2ccccc2)cc1)(c1ccc(N(c2ccccc2)c2ccccc2)cc1)c1ccc(N(c2ccccc2)c2ccccc2)cc1. The van der Waals surface area contributed by atoms with Crippen molar-refractivity contribution in [3.63, 3.8) is 0 Å². The Labute approximate surface area is 346 Å². The van der Waals surface area contributed by atoms with Gasteiger partial charge in [-0.1, -0.05) is 146 Å². The maximum Gasteiger partial charge on any atom is 0.140 e. The average molecular weight is 762 g/mol. The first kappa shape index (κ1) is 36.9. The molecule has 9 aromatic carbocycles. The third kappa shape index (κ3) is 7.61. The van der Waals surface area contributed by atoms with Crippen LogP contribution in [0.5, 0.6) is 0 Å². The van der Waals surface area contributed by atoms with Gasteiger partial charge in [-0.05, 0) is 126 Å². The van der Waals surface area contributed by atoms with Crippen molar-refractivity contribution < 1.29 is 5.11 Å². The van der Waals surface area contributed by atoms with Crippen LogP contribution in [0.15, 0.2) is 255 Å². The predicted molar refractivity (Wildman–Crippen MR) is 245 cm³/mol. The van der Waals surface area contributed by atoms with Crippen molar-refractivity contribution in [1.82, 2.24) is 0 Å². The summed E-state index contributed by atoms with van der Waals surface area (Å²) in [5.41, 5.74) is 10.1. The lowest BCUT2D eigenvalue weighted by Crippen LogP contribution is -2.29. The Bertz CT molecular complexity index is 2250. The molecule has 59 heavy (non-hydrogen) atoms. The van der Waals surface area contributed by atoms with Crippen molar-refractivity contribution in [3.8, 4) is 0 Å². The number of aliphatic hydroxyl groups is 1. The van der Waals surface area contributed by atoms with E-state index in [1.54, 1.807) is 0 Å². The highest BCUT2D eigenvalue weighted by molar-refractivity contribution is 5.79. The topological polar surface area (TPSA) is 30.0 Å². The van der Waals surface area contributed by atoms with Crippen LogP contribution >= 0.6 is 0 Å². The monoisotopic (exact) mass is 761 g/mol. The normalized spacial score (nSPS) is 11.1. The zero-order valence-corrected chi connectivity index (χ0v) is 32.5. The van der Waals surface area contributed by atoms with E-state index in [0.717, 1.165) is 67.9 Å². The lowest BCUT2D eigenvalue weighted by molar-refractivity contribution is 0.126. The van der Waals surface area contributed by atoms with Gasteiger partial charge in [0.15, 0.2) is 0 Å². The largest absolute Gasteiger partial charge is 0.376 e. The first-order valence-electron chi connectivity index (χ1n) is 19.9. The molecule has 0 bridgehead atoms. The molecular formula is C55H43N3O. The molecule has 0 radical (unpaired) electrons. The van der Waals surface area contributed by atoms with Crippen LogP contribution in [0.3, 0.4) is 0 Å². The number of benzene rings is 9. The smallest absolute Gasteiger partial charge is 0.140 e. The van der Waals surface area contributed by atoms with Gasteiger partial charge in [0.25, 0.3) is 0 Å². The van der Waals surface area contributed by atoms with E-state index < -0.39 is 5.60 Å². The maximum atomic E-state index is 13.4. The Hall–Kier alpha value is -7.66. The second-order valence-corrected chi connectivity index (χ2v) is 14.4. The summed E-state index contributed by atoms with van der Waals surface area (Å²) in [5, 5.41) is 13.4. The molecule has 0 amide bonds. The maximum absolute atomic E-state index is 13.4. The van der Waals surface area contributed by atoms with E-state index in [9.17, 15) is 5.11 Å². The summed E-state index contributed by atoms with van der Waals surface area (Å²) in [6.45, 7) is 0. The Balaban J connectivity index is 1.15. The van der Waals surface area contributed by atoms with E-state index >= 15 is 0 Å². The van der Waals surface area contributed by atoms with Gasteiger partial charge in [-0.2, -0.15) is 0 Å². The lowest BCUT2D eigenvalue weighted by atomic mass is 9.80. The van der Waals surface area contributed by atoms with Crippen LogP contribution in [0.4, 0.5) is 51.2 Å². The molecule has 0 unspecified atom stereocenters. The molecule has 0 spiro atoms. The second-order valence-electron chi connectivity index (χ2n) is 14.4. The fourth-order valence-corrected chi connectivity index (χ4v) is 7.86. The predicted octanol–water partition coefficient (Wildman–Crippen LogP) is 14.4. The number of para-hydroxylation sites is 6. The van der Waals surface area contributed by atoms with E-state index in [1.165, 1.54) is 0 Å². The van der Waals surface area contributed by atoms with E-state index in [-0.39, 0.29) is 0 Å². The molecule has 0 atom stereocenters. The summed E-state index contributed by atoms with van der Waals surface area (Å²) >= 11 is 0. The molecule has 0 aromatic heterocycles. The summed E-state index contributed by atoms with van der Waals surface area (Å²) < 4.78 is 0. The Morgan fingerprint density at radius 1 is 0.203 bits per heavy atom. The number of nitrogens with zero attached hydrogens (tertiary/aromatic N) is 3. The van der Waals surface area contributed by atoms with Crippen LogP contribution in [0.25, 0.3) is 0 Å². The van der Waals surface area contributed by atoms with Crippen LogP contribution in [0.1, 0.15) is 16.7 Å². The average Bonchev–Trinajstić information content (AvgIpc) is 3.32. The second kappa shape index (κ2) is 16.8. The lowest BCUT2D eigenvalue weighted by Gasteiger charge is -2.33. The van der Waals surface area contributed by atoms with E-state index in [4.69, 9.17) is 0 Å². The fourth-order valence-electron chi connectivity index (χ4n) is 7.86. The molecule has 0 aliphatic heterocycles. The molecule has 9 rings (SSSR count). The Morgan fingerprint density at radius 2 is 0.356 bits per heavy atom. The van der Waals surface area contributed by atoms with Gasteiger partial charge in [-0.15, -0.1) is 0 Å². The summed E-state index contributed by atoms with van der Waals surface area (Å²) in [7, 11) is 0. The summed E-state index contributed by atoms with van der Waals surface area (Å²) in [6.07, 6.45) is 0. The van der Waals surface area contributed by atoms with Gasteiger partial charge in [0.05, 0.1) is 0 Å². The van der Waals surface area contributed by atoms with Crippen LogP contribution in [-0.4, -0.2) is 5.11 Å². The van der Waals surface area contributed by atoms with Crippen molar-refractivity contribution in [3.05, 3.63) is 271 Å². The molecule has 4 nitrogen and oxygen atoms in total. The third-order valence-electron chi connectivity index (χ3n) is 10.7. The minimum absolute atomic E-state index is 0.758. The van der Waals surface area contributed by atoms with Gasteiger partial charge >= 0.3 is 0 Å². The number of anilines is 9. The molecule has 1 N–H and O–H groups in total. The van der Waals surface area contributed by atoms with Crippen LogP contribution in [0.2, 0.25) is 0 Å². The zero-order chi connectivity index (χ0) is 39.9. The van der Waals surface area contributed by atoms with Gasteiger partial charge in [-0.25, -0.2) is 0 Å². The standard InChI is InChI=1S/C55H43N3O/c59-55(43-31-37-52(38-32-43)56(46-19-7-1-8-20-46)47-21-9-2-10-22-47,44-33-39-53(40-34-44)57(48-23-11-3-12-24-48)49-25-13-4-14-26-49)45-35-41-54(42-36-45)58(50-27-15-5-16-28-50)51-29-17-6-18-30-51/h1-42,59H. The van der Waals surface area contributed by atoms with Crippen LogP contribution in [0, 0.1) is 0 Å². The molecule has 0 saturated carbocycles. The van der Waals surface area contributed by atoms with E-state index in [1.807, 2.05) is 36.4 Å². The first-order chi connectivity index (χ1) is 29.2. The molecule has 0 aliphatic rings. The van der Waals surface area contributed by atoms with Gasteiger partial charge in [0.1, 0.15) is 5.60 Å². The minimum Gasteiger partial charge on any atom is -0.376 e. The zero-order valence-electron chi connectivity index (χ0n) is 32.5. The van der Waals surface area contributed by atoms with Crippen molar-refractivity contribution in [2.75, 3.05) is 14.7 Å². The highest BCUT2D eigenvalue weighted by atomic mass is 16.3. The highest BCUT2D eigenvalue weighted by Gasteiger charge is 2.35. The van der Waals surface area contributed by atoms with E-state index in [2.05, 4.69) is 233 Å². The van der Waals surface area contributed by atoms with Crippen molar-refractivity contribution in [1.29, 1.82) is 0 Å². The van der Waals surface area contributed by atoms with Gasteiger partial charge in [0, 0.05) is 51.2 Å². The Kier molecular flexibility index (Phi) is 10.5. The van der Waals surface area contributed by atoms with Crippen LogP contribution in [-0.2, 0) is 5.60 Å². The quantitative estimate of drug-likeness (QED) is 0.126. The van der Waals surface area contributed by atoms with Crippen molar-refractivity contribution in [2.24, 2.45) is 0 Å². The molecular weight excluding hydrogens is 719 g/mol. The van der Waals surface area contributed by atoms with E-state index in [0.29, 0.717) is 0 Å². The summed E-state index contributed by atoms with van der Waals surface area (Å²) in [5.74, 6) is 0. The molecule has 0 aliphatic carbocycles. The Morgan fingerprint density at radius 3 is 0.525 bits per heavy atom. The molecule has 284 valence electrons. The van der Waals surface area contributed by atoms with Crippen molar-refractivity contribution >= 4 is 51.2 Å². The molecule has 0 heterocycles. The summed E-state index contributed by atoms with van der Waals surface area (Å²) in [6, 6.07) is 87.1. The molecule has 4 heteroatoms. The van der Waals surface area contributed by atoms with Gasteiger partial charge in [-0.3, -0.25) is 0 Å². The number of hydrogen-bond acceptors (Lipinski definition) is 4. The summed E-state index contributed by atoms with van der Waals surface area (Å²) in [4.78, 5) is 6.70. The first-order valence-corrected chi connectivity index (χ1v) is 19.9. The fraction of sp³-hybridized carbons (Fsp3) is 0.0182. The molecule has 0 fully saturated rings. The van der Waals surface area contributed by atoms with Crippen molar-refractivity contribution in [2.45, 2.75) is 5.60 Å². The van der Waals surface area contributed by atoms with Crippen LogP contribution < -0.4 is 14.7 Å². The minimum atomic E-state index is -1.49. The molecule has 9 aromatic rings.